The van der Waals surface area contributed by atoms with Gasteiger partial charge < -0.3 is 4.43 Å². The summed E-state index contributed by atoms with van der Waals surface area (Å²) in [5.74, 6) is -0.400. The minimum atomic E-state index is -2.97. The van der Waals surface area contributed by atoms with Crippen molar-refractivity contribution in [3.8, 4) is 0 Å². The van der Waals surface area contributed by atoms with E-state index in [2.05, 4.69) is 10.1 Å². The van der Waals surface area contributed by atoms with E-state index < -0.39 is 25.1 Å². The minimum Gasteiger partial charge on any atom is -0.507 e. The van der Waals surface area contributed by atoms with Crippen molar-refractivity contribution < 1.29 is 28.8 Å². The quantitative estimate of drug-likeness (QED) is 0.409. The van der Waals surface area contributed by atoms with Crippen LogP contribution in [0.2, 0.25) is 6.04 Å². The molecule has 0 amide bonds. The Morgan fingerprint density at radius 2 is 1.90 bits per heavy atom. The zero-order valence-corrected chi connectivity index (χ0v) is 13.1. The Labute approximate surface area is 122 Å². The van der Waals surface area contributed by atoms with Crippen LogP contribution in [0.5, 0.6) is 0 Å². The Balaban J connectivity index is 1.76. The van der Waals surface area contributed by atoms with Gasteiger partial charge >= 0.3 is 8.32 Å². The first-order valence-electron chi connectivity index (χ1n) is 6.66. The highest BCUT2D eigenvalue weighted by atomic mass is 28.4. The van der Waals surface area contributed by atoms with Crippen LogP contribution in [0.4, 0.5) is 0 Å². The van der Waals surface area contributed by atoms with Crippen LogP contribution in [-0.2, 0) is 35.3 Å². The van der Waals surface area contributed by atoms with Crippen molar-refractivity contribution in [2.45, 2.75) is 50.6 Å². The molecule has 2 aliphatic rings. The third-order valence-corrected chi connectivity index (χ3v) is 8.80. The fraction of sp³-hybridized carbons (Fsp3) is 0.727. The van der Waals surface area contributed by atoms with Crippen LogP contribution in [0.3, 0.4) is 0 Å². The van der Waals surface area contributed by atoms with Crippen LogP contribution in [0.25, 0.3) is 0 Å². The Hall–Kier alpha value is -1.33. The molecule has 9 nitrogen and oxygen atoms in total. The van der Waals surface area contributed by atoms with Crippen molar-refractivity contribution in [1.82, 2.24) is 14.8 Å². The third-order valence-electron chi connectivity index (χ3n) is 3.83. The second-order valence-corrected chi connectivity index (χ2v) is 9.58. The molecule has 3 rings (SSSR count). The molecule has 2 fully saturated rings. The molecule has 0 saturated carbocycles. The van der Waals surface area contributed by atoms with Gasteiger partial charge in [-0.05, 0) is 26.3 Å². The molecule has 2 aliphatic heterocycles. The molecular formula is C11H17N3O6Si. The van der Waals surface area contributed by atoms with Gasteiger partial charge in [0.05, 0.1) is 0 Å². The van der Waals surface area contributed by atoms with Gasteiger partial charge in [0.1, 0.15) is 12.7 Å². The number of hydrogen-bond acceptors (Lipinski definition) is 8. The average Bonchev–Trinajstić information content (AvgIpc) is 3.29. The molecule has 0 N–H and O–H groups in total. The largest absolute Gasteiger partial charge is 0.507 e. The fourth-order valence-corrected chi connectivity index (χ4v) is 6.56. The van der Waals surface area contributed by atoms with Crippen LogP contribution < -0.4 is 0 Å². The standard InChI is InChI=1S/C11H17N3O6Si/c1-9(15)16-21(10(2)17-18-10,11(3)19-20-11)6-4-5-14-8-12-7-13-14/h7-8H,4-6H2,1-3H3. The molecule has 21 heavy (non-hydrogen) atoms. The monoisotopic (exact) mass is 315 g/mol. The zero-order valence-electron chi connectivity index (χ0n) is 12.1. The van der Waals surface area contributed by atoms with Gasteiger partial charge in [-0.25, -0.2) is 4.98 Å². The maximum Gasteiger partial charge on any atom is 0.390 e. The van der Waals surface area contributed by atoms with Crippen molar-refractivity contribution in [2.24, 2.45) is 0 Å². The maximum atomic E-state index is 11.6. The number of aryl methyl sites for hydroxylation is 1. The molecule has 10 heteroatoms. The highest BCUT2D eigenvalue weighted by molar-refractivity contribution is 6.80. The first-order chi connectivity index (χ1) is 9.91. The summed E-state index contributed by atoms with van der Waals surface area (Å²) in [4.78, 5) is 35.9. The summed E-state index contributed by atoms with van der Waals surface area (Å²) in [5.41, 5.74) is -1.90. The Morgan fingerprint density at radius 3 is 2.33 bits per heavy atom. The second kappa shape index (κ2) is 4.85. The number of nitrogens with zero attached hydrogens (tertiary/aromatic N) is 3. The van der Waals surface area contributed by atoms with E-state index in [1.54, 1.807) is 24.9 Å². The third kappa shape index (κ3) is 2.49. The van der Waals surface area contributed by atoms with Gasteiger partial charge in [-0.3, -0.25) is 9.48 Å². The molecule has 0 unspecified atom stereocenters. The summed E-state index contributed by atoms with van der Waals surface area (Å²) in [7, 11) is -2.97. The second-order valence-electron chi connectivity index (χ2n) is 5.41. The molecule has 2 saturated heterocycles. The molecule has 0 aliphatic carbocycles. The number of carbonyl (C=O) groups excluding carboxylic acids is 1. The molecule has 0 bridgehead atoms. The predicted molar refractivity (Wildman–Crippen MR) is 68.1 cm³/mol. The topological polar surface area (TPSA) is 107 Å². The number of hydrogen-bond donors (Lipinski definition) is 0. The van der Waals surface area contributed by atoms with E-state index in [1.807, 2.05) is 0 Å². The van der Waals surface area contributed by atoms with Gasteiger partial charge in [-0.15, -0.1) is 0 Å². The van der Waals surface area contributed by atoms with Gasteiger partial charge in [0, 0.05) is 13.5 Å². The van der Waals surface area contributed by atoms with Crippen molar-refractivity contribution in [3.05, 3.63) is 12.7 Å². The van der Waals surface area contributed by atoms with Crippen molar-refractivity contribution in [2.75, 3.05) is 0 Å². The lowest BCUT2D eigenvalue weighted by Gasteiger charge is -2.31. The van der Waals surface area contributed by atoms with Gasteiger partial charge in [0.2, 0.25) is 0 Å². The summed E-state index contributed by atoms with van der Waals surface area (Å²) >= 11 is 0. The van der Waals surface area contributed by atoms with Crippen LogP contribution >= 0.6 is 0 Å². The van der Waals surface area contributed by atoms with E-state index in [9.17, 15) is 4.79 Å². The first-order valence-corrected chi connectivity index (χ1v) is 8.78. The smallest absolute Gasteiger partial charge is 0.390 e. The predicted octanol–water partition coefficient (Wildman–Crippen LogP) is 0.611. The Morgan fingerprint density at radius 1 is 1.29 bits per heavy atom. The summed E-state index contributed by atoms with van der Waals surface area (Å²) in [6, 6.07) is 0.555. The summed E-state index contributed by atoms with van der Waals surface area (Å²) < 4.78 is 7.38. The molecule has 0 aromatic carbocycles. The molecule has 116 valence electrons. The molecule has 0 atom stereocenters. The molecule has 1 aromatic heterocycles. The lowest BCUT2D eigenvalue weighted by atomic mass is 10.5. The molecular weight excluding hydrogens is 298 g/mol. The number of carbonyl (C=O) groups is 1. The van der Waals surface area contributed by atoms with Crippen molar-refractivity contribution in [1.29, 1.82) is 0 Å². The van der Waals surface area contributed by atoms with E-state index in [0.29, 0.717) is 19.0 Å². The summed E-state index contributed by atoms with van der Waals surface area (Å²) in [6.07, 6.45) is 3.81. The van der Waals surface area contributed by atoms with Crippen molar-refractivity contribution >= 4 is 14.3 Å². The van der Waals surface area contributed by atoms with Crippen LogP contribution in [-0.4, -0.2) is 39.9 Å². The zero-order chi connectivity index (χ0) is 15.1. The minimum absolute atomic E-state index is 0.400. The van der Waals surface area contributed by atoms with E-state index in [4.69, 9.17) is 24.0 Å². The number of aromatic nitrogens is 3. The maximum absolute atomic E-state index is 11.6. The van der Waals surface area contributed by atoms with Gasteiger partial charge in [-0.1, -0.05) is 0 Å². The summed E-state index contributed by atoms with van der Waals surface area (Å²) in [6.45, 7) is 5.49. The highest BCUT2D eigenvalue weighted by Gasteiger charge is 2.82. The molecule has 3 heterocycles. The van der Waals surface area contributed by atoms with Crippen LogP contribution in [0.15, 0.2) is 12.7 Å². The fourth-order valence-electron chi connectivity index (χ4n) is 2.58. The van der Waals surface area contributed by atoms with E-state index >= 15 is 0 Å². The lowest BCUT2D eigenvalue weighted by Crippen LogP contribution is -2.63. The van der Waals surface area contributed by atoms with Gasteiger partial charge in [0.25, 0.3) is 16.8 Å². The van der Waals surface area contributed by atoms with Crippen molar-refractivity contribution in [3.63, 3.8) is 0 Å². The van der Waals surface area contributed by atoms with Crippen LogP contribution in [0.1, 0.15) is 27.2 Å². The highest BCUT2D eigenvalue weighted by Crippen LogP contribution is 2.54. The number of rotatable bonds is 7. The van der Waals surface area contributed by atoms with Crippen LogP contribution in [0, 0.1) is 0 Å². The Kier molecular flexibility index (Phi) is 3.37. The van der Waals surface area contributed by atoms with Gasteiger partial charge in [-0.2, -0.15) is 24.6 Å². The van der Waals surface area contributed by atoms with E-state index in [0.717, 1.165) is 0 Å². The van der Waals surface area contributed by atoms with Gasteiger partial charge in [0.15, 0.2) is 0 Å². The van der Waals surface area contributed by atoms with E-state index in [1.165, 1.54) is 13.3 Å². The molecule has 1 aromatic rings. The normalized spacial score (nSPS) is 21.9. The van der Waals surface area contributed by atoms with E-state index in [-0.39, 0.29) is 0 Å². The SMILES string of the molecule is CC(=O)O[Si](CCCn1cncn1)(C1(C)OO1)C1(C)OO1. The summed E-state index contributed by atoms with van der Waals surface area (Å²) in [5, 5.41) is 4.04. The first kappa shape index (κ1) is 14.6. The molecule has 0 spiro atoms. The molecule has 0 radical (unpaired) electrons. The Bertz CT molecular complexity index is 510. The average molecular weight is 315 g/mol. The lowest BCUT2D eigenvalue weighted by molar-refractivity contribution is -0.133.